The van der Waals surface area contributed by atoms with Crippen LogP contribution in [0.15, 0.2) is 48.5 Å². The molecule has 0 radical (unpaired) electrons. The van der Waals surface area contributed by atoms with Crippen LogP contribution >= 0.6 is 0 Å². The third kappa shape index (κ3) is 4.14. The molecule has 3 rings (SSSR count). The highest BCUT2D eigenvalue weighted by atomic mass is 19.1. The number of halogens is 2. The number of rotatable bonds is 4. The lowest BCUT2D eigenvalue weighted by Gasteiger charge is -2.38. The summed E-state index contributed by atoms with van der Waals surface area (Å²) in [5.41, 5.74) is 0.735. The van der Waals surface area contributed by atoms with Gasteiger partial charge >= 0.3 is 0 Å². The highest BCUT2D eigenvalue weighted by molar-refractivity contribution is 5.81. The average molecular weight is 346 g/mol. The maximum atomic E-state index is 13.6. The summed E-state index contributed by atoms with van der Waals surface area (Å²) >= 11 is 0. The summed E-state index contributed by atoms with van der Waals surface area (Å²) in [6.45, 7) is 3.33. The van der Waals surface area contributed by atoms with Gasteiger partial charge in [0, 0.05) is 25.7 Å². The fourth-order valence-corrected chi connectivity index (χ4v) is 3.01. The van der Waals surface area contributed by atoms with Crippen molar-refractivity contribution in [1.29, 1.82) is 0 Å². The predicted octanol–water partition coefficient (Wildman–Crippen LogP) is 2.91. The van der Waals surface area contributed by atoms with Gasteiger partial charge in [-0.25, -0.2) is 8.78 Å². The zero-order chi connectivity index (χ0) is 17.8. The van der Waals surface area contributed by atoms with E-state index < -0.39 is 11.9 Å². The molecule has 2 aromatic carbocycles. The van der Waals surface area contributed by atoms with Gasteiger partial charge in [-0.2, -0.15) is 0 Å². The Bertz CT molecular complexity index is 754. The third-order valence-electron chi connectivity index (χ3n) is 4.22. The van der Waals surface area contributed by atoms with Crippen molar-refractivity contribution >= 4 is 5.91 Å². The molecule has 132 valence electrons. The summed E-state index contributed by atoms with van der Waals surface area (Å²) in [5, 5.41) is 3.23. The molecule has 1 amide bonds. The highest BCUT2D eigenvalue weighted by Gasteiger charge is 2.31. The van der Waals surface area contributed by atoms with E-state index in [2.05, 4.69) is 5.32 Å². The molecule has 0 bridgehead atoms. The molecule has 1 fully saturated rings. The monoisotopic (exact) mass is 346 g/mol. The molecular weight excluding hydrogens is 326 g/mol. The number of hydrogen-bond acceptors (Lipinski definition) is 3. The van der Waals surface area contributed by atoms with Gasteiger partial charge in [-0.3, -0.25) is 4.79 Å². The van der Waals surface area contributed by atoms with E-state index in [1.54, 1.807) is 30.0 Å². The van der Waals surface area contributed by atoms with E-state index in [-0.39, 0.29) is 17.8 Å². The van der Waals surface area contributed by atoms with E-state index >= 15 is 0 Å². The zero-order valence-electron chi connectivity index (χ0n) is 13.9. The second-order valence-electron chi connectivity index (χ2n) is 6.02. The van der Waals surface area contributed by atoms with Gasteiger partial charge in [-0.1, -0.05) is 18.2 Å². The number of carbonyl (C=O) groups excluding carboxylic acids is 1. The van der Waals surface area contributed by atoms with Crippen LogP contribution in [0.2, 0.25) is 0 Å². The smallest absolute Gasteiger partial charge is 0.263 e. The lowest BCUT2D eigenvalue weighted by molar-refractivity contribution is -0.141. The quantitative estimate of drug-likeness (QED) is 0.926. The standard InChI is InChI=1S/C19H20F2N2O2/c1-13(25-17-7-3-6-16(21)11-17)19(24)23-9-8-22-12-18(23)14-4-2-5-15(20)10-14/h2-7,10-11,13,18,22H,8-9,12H2,1H3. The SMILES string of the molecule is CC(Oc1cccc(F)c1)C(=O)N1CCNCC1c1cccc(F)c1. The Labute approximate surface area is 145 Å². The number of hydrogen-bond donors (Lipinski definition) is 1. The van der Waals surface area contributed by atoms with Crippen LogP contribution < -0.4 is 10.1 Å². The normalized spacial score (nSPS) is 18.7. The molecule has 4 nitrogen and oxygen atoms in total. The molecule has 6 heteroatoms. The van der Waals surface area contributed by atoms with Crippen LogP contribution in [0.3, 0.4) is 0 Å². The van der Waals surface area contributed by atoms with Gasteiger partial charge < -0.3 is 15.0 Å². The summed E-state index contributed by atoms with van der Waals surface area (Å²) in [7, 11) is 0. The maximum absolute atomic E-state index is 13.6. The molecule has 0 spiro atoms. The fourth-order valence-electron chi connectivity index (χ4n) is 3.01. The van der Waals surface area contributed by atoms with Gasteiger partial charge in [0.1, 0.15) is 17.4 Å². The van der Waals surface area contributed by atoms with E-state index in [0.29, 0.717) is 25.4 Å². The van der Waals surface area contributed by atoms with Crippen LogP contribution in [-0.4, -0.2) is 36.5 Å². The van der Waals surface area contributed by atoms with Crippen LogP contribution in [0.4, 0.5) is 8.78 Å². The minimum atomic E-state index is -0.768. The number of carbonyl (C=O) groups is 1. The number of piperazine rings is 1. The lowest BCUT2D eigenvalue weighted by Crippen LogP contribution is -2.52. The van der Waals surface area contributed by atoms with Gasteiger partial charge in [0.25, 0.3) is 5.91 Å². The molecule has 0 aliphatic carbocycles. The van der Waals surface area contributed by atoms with Gasteiger partial charge in [0.2, 0.25) is 0 Å². The van der Waals surface area contributed by atoms with Gasteiger partial charge in [-0.15, -0.1) is 0 Å². The van der Waals surface area contributed by atoms with E-state index in [1.807, 2.05) is 0 Å². The molecule has 1 aliphatic rings. The molecule has 2 aromatic rings. The summed E-state index contributed by atoms with van der Waals surface area (Å²) in [5.74, 6) is -0.658. The topological polar surface area (TPSA) is 41.6 Å². The van der Waals surface area contributed by atoms with Gasteiger partial charge in [0.05, 0.1) is 6.04 Å². The van der Waals surface area contributed by atoms with Gasteiger partial charge in [-0.05, 0) is 36.8 Å². The number of benzene rings is 2. The van der Waals surface area contributed by atoms with Crippen LogP contribution in [0.1, 0.15) is 18.5 Å². The first kappa shape index (κ1) is 17.4. The molecule has 0 saturated carbocycles. The van der Waals surface area contributed by atoms with Crippen molar-refractivity contribution in [2.75, 3.05) is 19.6 Å². The average Bonchev–Trinajstić information content (AvgIpc) is 2.61. The van der Waals surface area contributed by atoms with E-state index in [1.165, 1.54) is 30.3 Å². The Morgan fingerprint density at radius 1 is 1.20 bits per heavy atom. The molecular formula is C19H20F2N2O2. The largest absolute Gasteiger partial charge is 0.481 e. The first-order valence-corrected chi connectivity index (χ1v) is 8.23. The Balaban J connectivity index is 1.76. The minimum Gasteiger partial charge on any atom is -0.481 e. The van der Waals surface area contributed by atoms with Crippen LogP contribution in [0.5, 0.6) is 5.75 Å². The Morgan fingerprint density at radius 2 is 1.92 bits per heavy atom. The summed E-state index contributed by atoms with van der Waals surface area (Å²) in [4.78, 5) is 14.5. The van der Waals surface area contributed by atoms with Crippen molar-refractivity contribution in [1.82, 2.24) is 10.2 Å². The molecule has 1 saturated heterocycles. The van der Waals surface area contributed by atoms with Crippen molar-refractivity contribution in [2.45, 2.75) is 19.1 Å². The van der Waals surface area contributed by atoms with E-state index in [0.717, 1.165) is 5.56 Å². The van der Waals surface area contributed by atoms with E-state index in [9.17, 15) is 13.6 Å². The second-order valence-corrected chi connectivity index (χ2v) is 6.02. The molecule has 2 unspecified atom stereocenters. The first-order chi connectivity index (χ1) is 12.0. The Kier molecular flexibility index (Phi) is 5.28. The van der Waals surface area contributed by atoms with Crippen molar-refractivity contribution < 1.29 is 18.3 Å². The molecule has 2 atom stereocenters. The molecule has 1 N–H and O–H groups in total. The summed E-state index contributed by atoms with van der Waals surface area (Å²) in [6.07, 6.45) is -0.768. The first-order valence-electron chi connectivity index (χ1n) is 8.23. The van der Waals surface area contributed by atoms with Crippen molar-refractivity contribution in [3.63, 3.8) is 0 Å². The maximum Gasteiger partial charge on any atom is 0.263 e. The third-order valence-corrected chi connectivity index (χ3v) is 4.22. The summed E-state index contributed by atoms with van der Waals surface area (Å²) < 4.78 is 32.4. The molecule has 25 heavy (non-hydrogen) atoms. The minimum absolute atomic E-state index is 0.208. The van der Waals surface area contributed by atoms with Crippen LogP contribution in [0, 0.1) is 11.6 Å². The van der Waals surface area contributed by atoms with Crippen molar-refractivity contribution in [3.05, 3.63) is 65.7 Å². The fraction of sp³-hybridized carbons (Fsp3) is 0.316. The van der Waals surface area contributed by atoms with Crippen LogP contribution in [0.25, 0.3) is 0 Å². The van der Waals surface area contributed by atoms with E-state index in [4.69, 9.17) is 4.74 Å². The second kappa shape index (κ2) is 7.61. The molecule has 0 aromatic heterocycles. The van der Waals surface area contributed by atoms with Crippen molar-refractivity contribution in [3.8, 4) is 5.75 Å². The number of amides is 1. The number of nitrogens with zero attached hydrogens (tertiary/aromatic N) is 1. The number of nitrogens with one attached hydrogen (secondary N) is 1. The van der Waals surface area contributed by atoms with Crippen molar-refractivity contribution in [2.24, 2.45) is 0 Å². The Hall–Kier alpha value is -2.47. The van der Waals surface area contributed by atoms with Gasteiger partial charge in [0.15, 0.2) is 6.10 Å². The Morgan fingerprint density at radius 3 is 2.64 bits per heavy atom. The molecule has 1 aliphatic heterocycles. The van der Waals surface area contributed by atoms with Crippen LogP contribution in [-0.2, 0) is 4.79 Å². The molecule has 1 heterocycles. The highest BCUT2D eigenvalue weighted by Crippen LogP contribution is 2.24. The predicted molar refractivity (Wildman–Crippen MR) is 90.2 cm³/mol. The lowest BCUT2D eigenvalue weighted by atomic mass is 10.0. The summed E-state index contributed by atoms with van der Waals surface area (Å²) in [6, 6.07) is 11.7. The number of ether oxygens (including phenoxy) is 1. The zero-order valence-corrected chi connectivity index (χ0v) is 13.9.